The fourth-order valence-corrected chi connectivity index (χ4v) is 5.44. The molecule has 1 amide bonds. The highest BCUT2D eigenvalue weighted by Gasteiger charge is 2.27. The maximum Gasteiger partial charge on any atom is 0.243 e. The van der Waals surface area contributed by atoms with Crippen LogP contribution in [0, 0.1) is 0 Å². The molecule has 0 atom stereocenters. The van der Waals surface area contributed by atoms with Crippen molar-refractivity contribution in [2.45, 2.75) is 30.6 Å². The van der Waals surface area contributed by atoms with Gasteiger partial charge in [-0.2, -0.15) is 4.31 Å². The van der Waals surface area contributed by atoms with Crippen LogP contribution in [0.25, 0.3) is 0 Å². The van der Waals surface area contributed by atoms with Crippen LogP contribution in [-0.4, -0.2) is 56.8 Å². The van der Waals surface area contributed by atoms with Gasteiger partial charge in [-0.1, -0.05) is 23.7 Å². The van der Waals surface area contributed by atoms with Crippen molar-refractivity contribution in [1.82, 2.24) is 4.31 Å². The molecule has 10 heteroatoms. The van der Waals surface area contributed by atoms with Gasteiger partial charge < -0.3 is 14.8 Å². The summed E-state index contributed by atoms with van der Waals surface area (Å²) >= 11 is 7.35. The summed E-state index contributed by atoms with van der Waals surface area (Å²) in [7, 11) is -3.69. The van der Waals surface area contributed by atoms with Gasteiger partial charge in [-0.05, 0) is 49.7 Å². The van der Waals surface area contributed by atoms with Crippen LogP contribution < -0.4 is 10.1 Å². The molecule has 32 heavy (non-hydrogen) atoms. The summed E-state index contributed by atoms with van der Waals surface area (Å²) in [5.41, 5.74) is 1.40. The van der Waals surface area contributed by atoms with Gasteiger partial charge in [0.1, 0.15) is 5.75 Å². The van der Waals surface area contributed by atoms with Crippen LogP contribution in [0.1, 0.15) is 19.4 Å². The molecule has 1 fully saturated rings. The van der Waals surface area contributed by atoms with Crippen LogP contribution in [0.2, 0.25) is 5.02 Å². The van der Waals surface area contributed by atoms with E-state index in [0.29, 0.717) is 48.5 Å². The Kier molecular flexibility index (Phi) is 8.84. The maximum atomic E-state index is 13.0. The number of sulfonamides is 1. The zero-order valence-corrected chi connectivity index (χ0v) is 20.4. The van der Waals surface area contributed by atoms with Crippen molar-refractivity contribution in [3.63, 3.8) is 0 Å². The SMILES string of the molecule is CC(C)Oc1ccc(S(=O)(=O)N2CCOCC2)cc1NC(=O)CSCc1ccc(Cl)cc1. The van der Waals surface area contributed by atoms with Crippen molar-refractivity contribution < 1.29 is 22.7 Å². The number of hydrogen-bond donors (Lipinski definition) is 1. The lowest BCUT2D eigenvalue weighted by Crippen LogP contribution is -2.40. The lowest BCUT2D eigenvalue weighted by atomic mass is 10.2. The molecule has 0 aliphatic carbocycles. The first kappa shape index (κ1) is 24.9. The Morgan fingerprint density at radius 3 is 2.53 bits per heavy atom. The molecule has 174 valence electrons. The zero-order chi connectivity index (χ0) is 23.1. The number of carbonyl (C=O) groups is 1. The molecular weight excluding hydrogens is 472 g/mol. The van der Waals surface area contributed by atoms with E-state index in [4.69, 9.17) is 21.1 Å². The number of halogens is 1. The first-order valence-electron chi connectivity index (χ1n) is 10.3. The summed E-state index contributed by atoms with van der Waals surface area (Å²) in [5, 5.41) is 3.48. The molecule has 0 radical (unpaired) electrons. The van der Waals surface area contributed by atoms with E-state index in [1.165, 1.54) is 28.2 Å². The Hall–Kier alpha value is -1.78. The first-order chi connectivity index (χ1) is 15.3. The summed E-state index contributed by atoms with van der Waals surface area (Å²) in [6.07, 6.45) is -0.133. The predicted octanol–water partition coefficient (Wildman–Crippen LogP) is 4.02. The van der Waals surface area contributed by atoms with Gasteiger partial charge in [-0.15, -0.1) is 11.8 Å². The first-order valence-corrected chi connectivity index (χ1v) is 13.2. The van der Waals surface area contributed by atoms with Gasteiger partial charge in [0.15, 0.2) is 0 Å². The largest absolute Gasteiger partial charge is 0.489 e. The fourth-order valence-electron chi connectivity index (χ4n) is 3.09. The van der Waals surface area contributed by atoms with E-state index >= 15 is 0 Å². The number of rotatable bonds is 9. The smallest absolute Gasteiger partial charge is 0.243 e. The van der Waals surface area contributed by atoms with E-state index in [2.05, 4.69) is 5.32 Å². The number of anilines is 1. The van der Waals surface area contributed by atoms with Crippen molar-refractivity contribution >= 4 is 45.0 Å². The molecule has 2 aromatic rings. The van der Waals surface area contributed by atoms with E-state index in [1.807, 2.05) is 38.1 Å². The van der Waals surface area contributed by atoms with E-state index in [-0.39, 0.29) is 22.7 Å². The lowest BCUT2D eigenvalue weighted by Gasteiger charge is -2.26. The van der Waals surface area contributed by atoms with Gasteiger partial charge in [0, 0.05) is 23.9 Å². The zero-order valence-electron chi connectivity index (χ0n) is 18.0. The lowest BCUT2D eigenvalue weighted by molar-refractivity contribution is -0.113. The molecule has 7 nitrogen and oxygen atoms in total. The molecular formula is C22H27ClN2O5S2. The molecule has 2 aromatic carbocycles. The quantitative estimate of drug-likeness (QED) is 0.562. The van der Waals surface area contributed by atoms with Crippen LogP contribution in [0.4, 0.5) is 5.69 Å². The summed E-state index contributed by atoms with van der Waals surface area (Å²) in [5.74, 6) is 1.06. The molecule has 1 aliphatic heterocycles. The Morgan fingerprint density at radius 1 is 1.19 bits per heavy atom. The second kappa shape index (κ2) is 11.4. The van der Waals surface area contributed by atoms with Crippen molar-refractivity contribution in [2.75, 3.05) is 37.4 Å². The number of hydrogen-bond acceptors (Lipinski definition) is 6. The molecule has 1 aliphatic rings. The van der Waals surface area contributed by atoms with E-state index in [0.717, 1.165) is 5.56 Å². The molecule has 0 bridgehead atoms. The van der Waals surface area contributed by atoms with E-state index in [1.54, 1.807) is 6.07 Å². The summed E-state index contributed by atoms with van der Waals surface area (Å²) in [4.78, 5) is 12.7. The average molecular weight is 499 g/mol. The highest BCUT2D eigenvalue weighted by atomic mass is 35.5. The number of nitrogens with one attached hydrogen (secondary N) is 1. The number of thioether (sulfide) groups is 1. The normalized spacial score (nSPS) is 15.0. The summed E-state index contributed by atoms with van der Waals surface area (Å²) in [6.45, 7) is 5.06. The topological polar surface area (TPSA) is 84.9 Å². The van der Waals surface area contributed by atoms with Crippen molar-refractivity contribution in [2.24, 2.45) is 0 Å². The fraction of sp³-hybridized carbons (Fsp3) is 0.409. The van der Waals surface area contributed by atoms with Crippen LogP contribution in [-0.2, 0) is 25.3 Å². The van der Waals surface area contributed by atoms with Gasteiger partial charge >= 0.3 is 0 Å². The standard InChI is InChI=1S/C22H27ClN2O5S2/c1-16(2)30-21-8-7-19(32(27,28)25-9-11-29-12-10-25)13-20(21)24-22(26)15-31-14-17-3-5-18(23)6-4-17/h3-8,13,16H,9-12,14-15H2,1-2H3,(H,24,26). The Labute approximate surface area is 198 Å². The third-order valence-corrected chi connectivity index (χ3v) is 7.76. The maximum absolute atomic E-state index is 13.0. The third-order valence-electron chi connectivity index (χ3n) is 4.61. The van der Waals surface area contributed by atoms with Crippen LogP contribution in [0.5, 0.6) is 5.75 Å². The van der Waals surface area contributed by atoms with Gasteiger partial charge in [0.25, 0.3) is 0 Å². The van der Waals surface area contributed by atoms with Crippen molar-refractivity contribution in [3.8, 4) is 5.75 Å². The van der Waals surface area contributed by atoms with E-state index < -0.39 is 10.0 Å². The van der Waals surface area contributed by atoms with Gasteiger partial charge in [-0.3, -0.25) is 4.79 Å². The highest BCUT2D eigenvalue weighted by Crippen LogP contribution is 2.30. The Balaban J connectivity index is 1.71. The Bertz CT molecular complexity index is 1020. The minimum atomic E-state index is -3.69. The number of nitrogens with zero attached hydrogens (tertiary/aromatic N) is 1. The van der Waals surface area contributed by atoms with Gasteiger partial charge in [0.2, 0.25) is 15.9 Å². The van der Waals surface area contributed by atoms with Gasteiger partial charge in [-0.25, -0.2) is 8.42 Å². The molecule has 1 saturated heterocycles. The van der Waals surface area contributed by atoms with E-state index in [9.17, 15) is 13.2 Å². The molecule has 1 N–H and O–H groups in total. The van der Waals surface area contributed by atoms with Crippen LogP contribution in [0.15, 0.2) is 47.4 Å². The summed E-state index contributed by atoms with van der Waals surface area (Å²) < 4.78 is 38.5. The number of morpholine rings is 1. The van der Waals surface area contributed by atoms with Crippen LogP contribution in [0.3, 0.4) is 0 Å². The predicted molar refractivity (Wildman–Crippen MR) is 128 cm³/mol. The minimum Gasteiger partial charge on any atom is -0.489 e. The van der Waals surface area contributed by atoms with Crippen LogP contribution >= 0.6 is 23.4 Å². The molecule has 0 aromatic heterocycles. The molecule has 1 heterocycles. The number of ether oxygens (including phenoxy) is 2. The summed E-state index contributed by atoms with van der Waals surface area (Å²) in [6, 6.07) is 12.0. The highest BCUT2D eigenvalue weighted by molar-refractivity contribution is 7.99. The monoisotopic (exact) mass is 498 g/mol. The average Bonchev–Trinajstić information content (AvgIpc) is 2.76. The number of carbonyl (C=O) groups excluding carboxylic acids is 1. The molecule has 0 saturated carbocycles. The van der Waals surface area contributed by atoms with Crippen molar-refractivity contribution in [3.05, 3.63) is 53.1 Å². The number of amides is 1. The Morgan fingerprint density at radius 2 is 1.88 bits per heavy atom. The minimum absolute atomic E-state index is 0.111. The molecule has 3 rings (SSSR count). The second-order valence-corrected chi connectivity index (χ2v) is 10.9. The van der Waals surface area contributed by atoms with Crippen molar-refractivity contribution in [1.29, 1.82) is 0 Å². The molecule has 0 spiro atoms. The second-order valence-electron chi connectivity index (χ2n) is 7.51. The number of benzene rings is 2. The molecule has 0 unspecified atom stereocenters. The van der Waals surface area contributed by atoms with Gasteiger partial charge in [0.05, 0.1) is 35.7 Å². The third kappa shape index (κ3) is 6.86.